The predicted molar refractivity (Wildman–Crippen MR) is 21.3 cm³/mol. The Morgan fingerprint density at radius 3 is 2.00 bits per heavy atom. The normalized spacial score (nSPS) is 5.50. The van der Waals surface area contributed by atoms with Crippen molar-refractivity contribution in [2.24, 2.45) is 0 Å². The van der Waals surface area contributed by atoms with Gasteiger partial charge in [0.15, 0.2) is 0 Å². The maximum absolute atomic E-state index is 10.6. The summed E-state index contributed by atoms with van der Waals surface area (Å²) in [4.78, 5) is 0. The number of hydrogen-bond acceptors (Lipinski definition) is 0. The van der Waals surface area contributed by atoms with Crippen molar-refractivity contribution in [2.75, 3.05) is 0 Å². The average molecular weight is 78.1 g/mol. The molecule has 0 aromatic heterocycles. The molecule has 22 valence electrons. The summed E-state index contributed by atoms with van der Waals surface area (Å²) in [5, 5.41) is 0. The van der Waals surface area contributed by atoms with E-state index in [-0.39, 0.29) is 6.59 Å². The monoisotopic (exact) mass is 78.0 g/mol. The molecule has 0 radical (unpaired) electrons. The number of halogens is 2. The van der Waals surface area contributed by atoms with E-state index in [4.69, 9.17) is 11.5 Å². The van der Waals surface area contributed by atoms with Crippen LogP contribution in [0.25, 0.3) is 0 Å². The van der Waals surface area contributed by atoms with Crippen LogP contribution in [0.2, 0.25) is 0 Å². The molecule has 0 aromatic carbocycles. The summed E-state index contributed by atoms with van der Waals surface area (Å²) in [6.07, 6.45) is 0. The lowest BCUT2D eigenvalue weighted by atomic mass is 9.74. The van der Waals surface area contributed by atoms with E-state index in [2.05, 4.69) is 0 Å². The summed E-state index contributed by atoms with van der Waals surface area (Å²) in [5.41, 5.74) is 0. The third-order valence-corrected chi connectivity index (χ3v) is 0.214. The quantitative estimate of drug-likeness (QED) is 0.381. The molecule has 0 amide bonds. The van der Waals surface area contributed by atoms with Crippen LogP contribution in [0.3, 0.4) is 0 Å². The molecule has 0 atom stereocenters. The average Bonchev–Trinajstić information content (AvgIpc) is 1.37. The molecular weight excluding hydrogens is 76.1 g/mol. The van der Waals surface area contributed by atoms with Crippen molar-refractivity contribution in [1.29, 1.82) is 0 Å². The fourth-order valence-electron chi connectivity index (χ4n) is 0. The second-order valence-corrected chi connectivity index (χ2v) is 0.756. The first-order valence-corrected chi connectivity index (χ1v) is 1.57. The maximum atomic E-state index is 10.6. The summed E-state index contributed by atoms with van der Waals surface area (Å²) in [6.45, 7) is 0.125. The Bertz CT molecular complexity index is 8.00. The fraction of sp³-hybridized carbons (Fsp3) is 0. The number of hydrogen-bond donors (Lipinski definition) is 0. The highest BCUT2D eigenvalue weighted by Crippen LogP contribution is 1.60. The van der Waals surface area contributed by atoms with Gasteiger partial charge < -0.3 is 4.32 Å². The van der Waals surface area contributed by atoms with Crippen LogP contribution in [-0.2, 0) is 0 Å². The van der Waals surface area contributed by atoms with E-state index in [1.54, 1.807) is 0 Å². The molecule has 0 heterocycles. The largest absolute Gasteiger partial charge is 0.351 e. The molecule has 0 nitrogen and oxygen atoms in total. The minimum atomic E-state index is -0.415. The zero-order chi connectivity index (χ0) is 3.41. The molecule has 0 spiro atoms. The third kappa shape index (κ3) is 2.35. The van der Waals surface area contributed by atoms with Crippen LogP contribution in [0.15, 0.2) is 0 Å². The van der Waals surface area contributed by atoms with Crippen molar-refractivity contribution in [2.45, 2.75) is 0 Å². The van der Waals surface area contributed by atoms with E-state index in [1.807, 2.05) is 0 Å². The Kier molecular flexibility index (Phi) is 3.64. The molecular formula is H2B2ClF. The van der Waals surface area contributed by atoms with Crippen molar-refractivity contribution in [3.63, 3.8) is 0 Å². The van der Waals surface area contributed by atoms with Gasteiger partial charge in [-0.2, -0.15) is 0 Å². The van der Waals surface area contributed by atoms with E-state index in [0.29, 0.717) is 0 Å². The second-order valence-electron chi connectivity index (χ2n) is 0.378. The van der Waals surface area contributed by atoms with Gasteiger partial charge in [-0.3, -0.25) is 0 Å². The Morgan fingerprint density at radius 2 is 2.00 bits per heavy atom. The smallest absolute Gasteiger partial charge is 0.310 e. The first-order valence-electron chi connectivity index (χ1n) is 1.03. The Morgan fingerprint density at radius 1 is 1.75 bits per heavy atom. The van der Waals surface area contributed by atoms with Crippen LogP contribution >= 0.6 is 11.5 Å². The van der Waals surface area contributed by atoms with Gasteiger partial charge in [-0.1, -0.05) is 0 Å². The zero-order valence-electron chi connectivity index (χ0n) is 2.17. The van der Waals surface area contributed by atoms with Crippen molar-refractivity contribution in [3.05, 3.63) is 0 Å². The van der Waals surface area contributed by atoms with Crippen LogP contribution in [0, 0.1) is 0 Å². The minimum absolute atomic E-state index is 0.125. The van der Waals surface area contributed by atoms with E-state index < -0.39 is 7.45 Å². The fourth-order valence-corrected chi connectivity index (χ4v) is 0. The van der Waals surface area contributed by atoms with E-state index >= 15 is 0 Å². The summed E-state index contributed by atoms with van der Waals surface area (Å²) < 4.78 is 10.6. The molecule has 0 aromatic rings. The lowest BCUT2D eigenvalue weighted by Crippen LogP contribution is -1.81. The molecule has 0 rings (SSSR count). The molecule has 4 heteroatoms. The molecule has 0 aliphatic carbocycles. The van der Waals surface area contributed by atoms with Gasteiger partial charge in [0.2, 0.25) is 6.59 Å². The molecule has 0 N–H and O–H groups in total. The van der Waals surface area contributed by atoms with Gasteiger partial charge >= 0.3 is 7.45 Å². The molecule has 0 fully saturated rings. The number of rotatable bonds is 1. The highest BCUT2D eigenvalue weighted by molar-refractivity contribution is 7.24. The Balaban J connectivity index is 1.97. The predicted octanol–water partition coefficient (Wildman–Crippen LogP) is -0.187. The van der Waals surface area contributed by atoms with Crippen molar-refractivity contribution in [1.82, 2.24) is 0 Å². The standard InChI is InChI=1S/B2ClFH2/c3-1-2-4/h1-2H. The second kappa shape index (κ2) is 3.35. The third-order valence-electron chi connectivity index (χ3n) is 0.0714. The van der Waals surface area contributed by atoms with Crippen molar-refractivity contribution >= 4 is 25.5 Å². The molecule has 0 aliphatic rings. The van der Waals surface area contributed by atoms with Crippen LogP contribution in [0.1, 0.15) is 0 Å². The molecule has 0 saturated heterocycles. The summed E-state index contributed by atoms with van der Waals surface area (Å²) in [7, 11) is -0.415. The van der Waals surface area contributed by atoms with Crippen LogP contribution in [0.4, 0.5) is 4.32 Å². The zero-order valence-corrected chi connectivity index (χ0v) is 2.93. The highest BCUT2D eigenvalue weighted by Gasteiger charge is 1.77. The summed E-state index contributed by atoms with van der Waals surface area (Å²) in [6, 6.07) is 0. The maximum Gasteiger partial charge on any atom is 0.310 e. The van der Waals surface area contributed by atoms with Gasteiger partial charge in [0.1, 0.15) is 0 Å². The van der Waals surface area contributed by atoms with E-state index in [0.717, 1.165) is 0 Å². The lowest BCUT2D eigenvalue weighted by molar-refractivity contribution is 0.893. The molecule has 0 bridgehead atoms. The molecule has 0 aliphatic heterocycles. The van der Waals surface area contributed by atoms with Gasteiger partial charge in [-0.25, -0.2) is 11.5 Å². The van der Waals surface area contributed by atoms with Gasteiger partial charge in [0, 0.05) is 0 Å². The first kappa shape index (κ1) is 4.35. The van der Waals surface area contributed by atoms with Crippen LogP contribution in [0.5, 0.6) is 0 Å². The van der Waals surface area contributed by atoms with Crippen LogP contribution in [-0.4, -0.2) is 14.0 Å². The molecule has 0 saturated carbocycles. The molecule has 0 unspecified atom stereocenters. The van der Waals surface area contributed by atoms with Gasteiger partial charge in [-0.05, 0) is 0 Å². The lowest BCUT2D eigenvalue weighted by Gasteiger charge is -1.53. The molecule has 4 heavy (non-hydrogen) atoms. The Labute approximate surface area is 30.8 Å². The van der Waals surface area contributed by atoms with Gasteiger partial charge in [0.25, 0.3) is 0 Å². The summed E-state index contributed by atoms with van der Waals surface area (Å²) >= 11 is 4.81. The highest BCUT2D eigenvalue weighted by atomic mass is 35.5. The van der Waals surface area contributed by atoms with Crippen molar-refractivity contribution in [3.8, 4) is 0 Å². The Hall–Kier alpha value is 0.350. The topological polar surface area (TPSA) is 0 Å². The van der Waals surface area contributed by atoms with Gasteiger partial charge in [0.05, 0.1) is 0 Å². The summed E-state index contributed by atoms with van der Waals surface area (Å²) in [5.74, 6) is 0. The first-order chi connectivity index (χ1) is 1.91. The minimum Gasteiger partial charge on any atom is -0.351 e. The SMILES string of the molecule is FBBCl. The van der Waals surface area contributed by atoms with E-state index in [1.165, 1.54) is 0 Å². The van der Waals surface area contributed by atoms with Gasteiger partial charge in [-0.15, -0.1) is 0 Å². The van der Waals surface area contributed by atoms with E-state index in [9.17, 15) is 4.32 Å². The van der Waals surface area contributed by atoms with Crippen molar-refractivity contribution < 1.29 is 4.32 Å². The van der Waals surface area contributed by atoms with Crippen LogP contribution < -0.4 is 0 Å².